The van der Waals surface area contributed by atoms with Crippen LogP contribution in [0.3, 0.4) is 0 Å². The van der Waals surface area contributed by atoms with Crippen molar-refractivity contribution in [1.82, 2.24) is 5.43 Å². The topological polar surface area (TPSA) is 47.3 Å². The van der Waals surface area contributed by atoms with Gasteiger partial charge in [0.2, 0.25) is 0 Å². The van der Waals surface area contributed by atoms with Gasteiger partial charge in [0, 0.05) is 0 Å². The lowest BCUT2D eigenvalue weighted by Gasteiger charge is -2.23. The fourth-order valence-electron chi connectivity index (χ4n) is 2.17. The zero-order chi connectivity index (χ0) is 14.6. The van der Waals surface area contributed by atoms with E-state index in [1.54, 1.807) is 6.07 Å². The first-order valence-corrected chi connectivity index (χ1v) is 6.46. The maximum atomic E-state index is 12.7. The third-order valence-corrected chi connectivity index (χ3v) is 3.20. The predicted octanol–water partition coefficient (Wildman–Crippen LogP) is 2.77. The van der Waals surface area contributed by atoms with E-state index in [0.29, 0.717) is 24.4 Å². The zero-order valence-electron chi connectivity index (χ0n) is 10.9. The maximum Gasteiger partial charge on any atom is 0.416 e. The van der Waals surface area contributed by atoms with E-state index in [1.807, 2.05) is 6.08 Å². The van der Waals surface area contributed by atoms with E-state index in [-0.39, 0.29) is 6.04 Å². The van der Waals surface area contributed by atoms with Gasteiger partial charge in [-0.2, -0.15) is 13.2 Å². The molecule has 1 atom stereocenters. The summed E-state index contributed by atoms with van der Waals surface area (Å²) in [6.07, 6.45) is -0.198. The molecule has 1 aliphatic heterocycles. The number of hydrogen-bond acceptors (Lipinski definition) is 3. The van der Waals surface area contributed by atoms with Gasteiger partial charge in [0.1, 0.15) is 5.76 Å². The standard InChI is InChI=1S/C14H17F3N2O/c15-14(16,17)11-5-3-4-10(8-11)9-12(19-18)13-6-1-2-7-20-13/h3-6,8,12,19H,1-2,7,9,18H2. The molecule has 0 saturated heterocycles. The Morgan fingerprint density at radius 2 is 2.15 bits per heavy atom. The average molecular weight is 286 g/mol. The highest BCUT2D eigenvalue weighted by molar-refractivity contribution is 5.27. The fraction of sp³-hybridized carbons (Fsp3) is 0.429. The number of rotatable bonds is 4. The molecule has 0 amide bonds. The fourth-order valence-corrected chi connectivity index (χ4v) is 2.17. The normalized spacial score (nSPS) is 17.3. The summed E-state index contributed by atoms with van der Waals surface area (Å²) < 4.78 is 43.5. The molecule has 0 spiro atoms. The Bertz CT molecular complexity index is 486. The minimum absolute atomic E-state index is 0.307. The Balaban J connectivity index is 2.13. The summed E-state index contributed by atoms with van der Waals surface area (Å²) in [5, 5.41) is 0. The van der Waals surface area contributed by atoms with Crippen molar-refractivity contribution in [2.24, 2.45) is 5.84 Å². The third-order valence-electron chi connectivity index (χ3n) is 3.20. The highest BCUT2D eigenvalue weighted by Gasteiger charge is 2.30. The first kappa shape index (κ1) is 14.9. The number of alkyl halides is 3. The SMILES string of the molecule is NNC(Cc1cccc(C(F)(F)F)c1)C1=CCCCO1. The van der Waals surface area contributed by atoms with Crippen LogP contribution in [0.2, 0.25) is 0 Å². The van der Waals surface area contributed by atoms with Crippen LogP contribution in [-0.4, -0.2) is 12.6 Å². The molecule has 2 rings (SSSR count). The van der Waals surface area contributed by atoms with E-state index in [0.717, 1.165) is 25.0 Å². The Morgan fingerprint density at radius 1 is 1.35 bits per heavy atom. The van der Waals surface area contributed by atoms with E-state index < -0.39 is 11.7 Å². The molecule has 0 saturated carbocycles. The van der Waals surface area contributed by atoms with Crippen LogP contribution in [0, 0.1) is 0 Å². The van der Waals surface area contributed by atoms with E-state index in [4.69, 9.17) is 10.6 Å². The molecule has 0 radical (unpaired) electrons. The van der Waals surface area contributed by atoms with Crippen LogP contribution < -0.4 is 11.3 Å². The van der Waals surface area contributed by atoms with Crippen molar-refractivity contribution in [1.29, 1.82) is 0 Å². The van der Waals surface area contributed by atoms with Gasteiger partial charge in [-0.3, -0.25) is 5.84 Å². The van der Waals surface area contributed by atoms with Crippen molar-refractivity contribution in [2.75, 3.05) is 6.61 Å². The van der Waals surface area contributed by atoms with E-state index in [1.165, 1.54) is 6.07 Å². The summed E-state index contributed by atoms with van der Waals surface area (Å²) in [7, 11) is 0. The van der Waals surface area contributed by atoms with Gasteiger partial charge >= 0.3 is 6.18 Å². The summed E-state index contributed by atoms with van der Waals surface area (Å²) in [6.45, 7) is 0.618. The number of nitrogens with two attached hydrogens (primary N) is 1. The van der Waals surface area contributed by atoms with Crippen LogP contribution in [0.1, 0.15) is 24.0 Å². The molecular formula is C14H17F3N2O. The molecule has 20 heavy (non-hydrogen) atoms. The van der Waals surface area contributed by atoms with Crippen molar-refractivity contribution < 1.29 is 17.9 Å². The van der Waals surface area contributed by atoms with Crippen LogP contribution in [0.4, 0.5) is 13.2 Å². The van der Waals surface area contributed by atoms with E-state index in [2.05, 4.69) is 5.43 Å². The maximum absolute atomic E-state index is 12.7. The quantitative estimate of drug-likeness (QED) is 0.661. The van der Waals surface area contributed by atoms with Gasteiger partial charge < -0.3 is 4.74 Å². The number of allylic oxidation sites excluding steroid dienone is 1. The lowest BCUT2D eigenvalue weighted by molar-refractivity contribution is -0.137. The Hall–Kier alpha value is -1.53. The Labute approximate surface area is 115 Å². The van der Waals surface area contributed by atoms with Gasteiger partial charge in [-0.1, -0.05) is 18.2 Å². The molecule has 0 fully saturated rings. The summed E-state index contributed by atoms with van der Waals surface area (Å²) in [5.74, 6) is 6.19. The highest BCUT2D eigenvalue weighted by Crippen LogP contribution is 2.30. The van der Waals surface area contributed by atoms with Crippen molar-refractivity contribution in [2.45, 2.75) is 31.5 Å². The van der Waals surface area contributed by atoms with Crippen LogP contribution in [0.25, 0.3) is 0 Å². The largest absolute Gasteiger partial charge is 0.497 e. The molecule has 0 aliphatic carbocycles. The second-order valence-electron chi connectivity index (χ2n) is 4.72. The molecule has 3 N–H and O–H groups in total. The van der Waals surface area contributed by atoms with Crippen LogP contribution in [-0.2, 0) is 17.3 Å². The molecule has 0 bridgehead atoms. The molecule has 3 nitrogen and oxygen atoms in total. The summed E-state index contributed by atoms with van der Waals surface area (Å²) in [5.41, 5.74) is 2.52. The molecular weight excluding hydrogens is 269 g/mol. The highest BCUT2D eigenvalue weighted by atomic mass is 19.4. The van der Waals surface area contributed by atoms with Crippen molar-refractivity contribution >= 4 is 0 Å². The number of ether oxygens (including phenoxy) is 1. The van der Waals surface area contributed by atoms with E-state index in [9.17, 15) is 13.2 Å². The smallest absolute Gasteiger partial charge is 0.416 e. The molecule has 0 aromatic heterocycles. The average Bonchev–Trinajstić information content (AvgIpc) is 2.45. The number of nitrogens with one attached hydrogen (secondary N) is 1. The van der Waals surface area contributed by atoms with Crippen molar-refractivity contribution in [3.8, 4) is 0 Å². The monoisotopic (exact) mass is 286 g/mol. The second kappa shape index (κ2) is 6.28. The Morgan fingerprint density at radius 3 is 2.75 bits per heavy atom. The van der Waals surface area contributed by atoms with Crippen molar-refractivity contribution in [3.63, 3.8) is 0 Å². The lowest BCUT2D eigenvalue weighted by atomic mass is 10.0. The van der Waals surface area contributed by atoms with Gasteiger partial charge in [0.05, 0.1) is 18.2 Å². The second-order valence-corrected chi connectivity index (χ2v) is 4.72. The first-order valence-electron chi connectivity index (χ1n) is 6.46. The molecule has 1 aromatic rings. The molecule has 110 valence electrons. The summed E-state index contributed by atoms with van der Waals surface area (Å²) in [4.78, 5) is 0. The van der Waals surface area contributed by atoms with Crippen LogP contribution in [0.15, 0.2) is 36.1 Å². The first-order chi connectivity index (χ1) is 9.50. The Kier molecular flexibility index (Phi) is 4.67. The minimum Gasteiger partial charge on any atom is -0.497 e. The van der Waals surface area contributed by atoms with Crippen molar-refractivity contribution in [3.05, 3.63) is 47.2 Å². The lowest BCUT2D eigenvalue weighted by Crippen LogP contribution is -2.39. The number of hydrogen-bond donors (Lipinski definition) is 2. The molecule has 1 aliphatic rings. The molecule has 1 unspecified atom stereocenters. The molecule has 6 heteroatoms. The van der Waals surface area contributed by atoms with Crippen LogP contribution in [0.5, 0.6) is 0 Å². The third kappa shape index (κ3) is 3.74. The van der Waals surface area contributed by atoms with E-state index >= 15 is 0 Å². The van der Waals surface area contributed by atoms with Crippen LogP contribution >= 0.6 is 0 Å². The zero-order valence-corrected chi connectivity index (χ0v) is 10.9. The minimum atomic E-state index is -4.33. The van der Waals surface area contributed by atoms with Gasteiger partial charge in [0.15, 0.2) is 0 Å². The number of hydrazine groups is 1. The summed E-state index contributed by atoms with van der Waals surface area (Å²) in [6, 6.07) is 4.96. The predicted molar refractivity (Wildman–Crippen MR) is 69.5 cm³/mol. The molecule has 1 heterocycles. The number of halogens is 3. The summed E-state index contributed by atoms with van der Waals surface area (Å²) >= 11 is 0. The van der Waals surface area contributed by atoms with Gasteiger partial charge in [-0.25, -0.2) is 5.43 Å². The van der Waals surface area contributed by atoms with Gasteiger partial charge in [-0.05, 0) is 37.0 Å². The molecule has 1 aromatic carbocycles. The number of benzene rings is 1. The van der Waals surface area contributed by atoms with Gasteiger partial charge in [0.25, 0.3) is 0 Å². The van der Waals surface area contributed by atoms with Gasteiger partial charge in [-0.15, -0.1) is 0 Å².